The van der Waals surface area contributed by atoms with Gasteiger partial charge in [0.2, 0.25) is 5.95 Å². The lowest BCUT2D eigenvalue weighted by atomic mass is 10.2. The minimum atomic E-state index is -0.239. The van der Waals surface area contributed by atoms with Crippen LogP contribution in [0.3, 0.4) is 0 Å². The van der Waals surface area contributed by atoms with Crippen LogP contribution >= 0.6 is 0 Å². The molecule has 3 rings (SSSR count). The number of anilines is 2. The number of aromatic nitrogens is 4. The molecule has 0 aliphatic heterocycles. The van der Waals surface area contributed by atoms with Crippen LogP contribution in [0.2, 0.25) is 0 Å². The van der Waals surface area contributed by atoms with Gasteiger partial charge in [-0.05, 0) is 18.6 Å². The van der Waals surface area contributed by atoms with Gasteiger partial charge in [-0.3, -0.25) is 9.36 Å². The molecule has 2 aromatic heterocycles. The van der Waals surface area contributed by atoms with Crippen LogP contribution < -0.4 is 22.3 Å². The van der Waals surface area contributed by atoms with E-state index in [9.17, 15) is 4.79 Å². The molecule has 3 aromatic rings. The third-order valence-electron chi connectivity index (χ3n) is 3.97. The normalized spacial score (nSPS) is 10.5. The summed E-state index contributed by atoms with van der Waals surface area (Å²) in [4.78, 5) is 17.5. The van der Waals surface area contributed by atoms with Crippen molar-refractivity contribution in [3.63, 3.8) is 0 Å². The standard InChI is InChI=1S/C18H21N7O/c1-2-3-10-24-16-15(23-18(24)21-9-8-19)11-22-25(17(16)26)12-13-6-4-5-7-14(13)20/h4-7,11H,8-10,12,19-20H2,1H3,(H,21,23). The second-order valence-corrected chi connectivity index (χ2v) is 5.70. The van der Waals surface area contributed by atoms with Gasteiger partial charge in [-0.25, -0.2) is 9.67 Å². The lowest BCUT2D eigenvalue weighted by molar-refractivity contribution is 0.644. The van der Waals surface area contributed by atoms with Gasteiger partial charge < -0.3 is 16.8 Å². The molecule has 134 valence electrons. The zero-order chi connectivity index (χ0) is 18.5. The first-order valence-electron chi connectivity index (χ1n) is 8.29. The molecule has 0 saturated carbocycles. The Morgan fingerprint density at radius 2 is 2.12 bits per heavy atom. The number of hydrogen-bond acceptors (Lipinski definition) is 6. The van der Waals surface area contributed by atoms with E-state index >= 15 is 0 Å². The molecular weight excluding hydrogens is 330 g/mol. The van der Waals surface area contributed by atoms with Gasteiger partial charge in [-0.15, -0.1) is 5.92 Å². The van der Waals surface area contributed by atoms with Crippen LogP contribution in [0.15, 0.2) is 35.3 Å². The topological polar surface area (TPSA) is 117 Å². The summed E-state index contributed by atoms with van der Waals surface area (Å²) in [6.07, 6.45) is 1.58. The molecule has 8 heteroatoms. The molecule has 0 aliphatic carbocycles. The van der Waals surface area contributed by atoms with E-state index in [0.717, 1.165) is 5.56 Å². The molecule has 8 nitrogen and oxygen atoms in total. The monoisotopic (exact) mass is 351 g/mol. The van der Waals surface area contributed by atoms with Crippen LogP contribution in [-0.4, -0.2) is 32.4 Å². The van der Waals surface area contributed by atoms with Crippen LogP contribution in [0.5, 0.6) is 0 Å². The Morgan fingerprint density at radius 1 is 1.31 bits per heavy atom. The molecule has 0 unspecified atom stereocenters. The molecule has 0 fully saturated rings. The van der Waals surface area contributed by atoms with Crippen molar-refractivity contribution in [3.8, 4) is 11.8 Å². The van der Waals surface area contributed by atoms with Crippen molar-refractivity contribution in [2.75, 3.05) is 24.1 Å². The third kappa shape index (κ3) is 3.38. The van der Waals surface area contributed by atoms with Crippen LogP contribution in [0, 0.1) is 11.8 Å². The molecule has 0 spiro atoms. The number of rotatable bonds is 6. The molecule has 5 N–H and O–H groups in total. The van der Waals surface area contributed by atoms with Gasteiger partial charge in [0.25, 0.3) is 5.56 Å². The van der Waals surface area contributed by atoms with E-state index in [1.54, 1.807) is 23.8 Å². The number of nitrogens with one attached hydrogen (secondary N) is 1. The predicted octanol–water partition coefficient (Wildman–Crippen LogP) is 0.617. The molecule has 2 heterocycles. The van der Waals surface area contributed by atoms with Crippen molar-refractivity contribution in [2.45, 2.75) is 20.0 Å². The maximum atomic E-state index is 13.0. The number of nitrogens with two attached hydrogens (primary N) is 2. The molecule has 0 atom stereocenters. The number of imidazole rings is 1. The molecule has 0 aliphatic rings. The van der Waals surface area contributed by atoms with Gasteiger partial charge in [0, 0.05) is 18.8 Å². The highest BCUT2D eigenvalue weighted by Crippen LogP contribution is 2.16. The summed E-state index contributed by atoms with van der Waals surface area (Å²) in [6, 6.07) is 7.41. The summed E-state index contributed by atoms with van der Waals surface area (Å²) < 4.78 is 3.15. The summed E-state index contributed by atoms with van der Waals surface area (Å²) in [6.45, 7) is 3.40. The van der Waals surface area contributed by atoms with Crippen LogP contribution in [-0.2, 0) is 13.1 Å². The number of nitrogen functional groups attached to an aromatic ring is 1. The van der Waals surface area contributed by atoms with E-state index in [1.165, 1.54) is 4.68 Å². The number of fused-ring (bicyclic) bond motifs is 1. The Balaban J connectivity index is 2.10. The summed E-state index contributed by atoms with van der Waals surface area (Å²) in [7, 11) is 0. The minimum absolute atomic E-state index is 0.239. The summed E-state index contributed by atoms with van der Waals surface area (Å²) >= 11 is 0. The fourth-order valence-electron chi connectivity index (χ4n) is 2.67. The fourth-order valence-corrected chi connectivity index (χ4v) is 2.67. The molecule has 0 bridgehead atoms. The molecule has 0 saturated heterocycles. The second kappa shape index (κ2) is 7.72. The van der Waals surface area contributed by atoms with Crippen LogP contribution in [0.1, 0.15) is 12.5 Å². The molecular formula is C18H21N7O. The highest BCUT2D eigenvalue weighted by Gasteiger charge is 2.16. The van der Waals surface area contributed by atoms with Gasteiger partial charge in [-0.1, -0.05) is 24.1 Å². The first-order valence-corrected chi connectivity index (χ1v) is 8.29. The van der Waals surface area contributed by atoms with E-state index in [2.05, 4.69) is 27.2 Å². The van der Waals surface area contributed by atoms with E-state index in [1.807, 2.05) is 18.2 Å². The molecule has 0 radical (unpaired) electrons. The Kier molecular flexibility index (Phi) is 5.20. The molecule has 0 amide bonds. The molecule has 26 heavy (non-hydrogen) atoms. The third-order valence-corrected chi connectivity index (χ3v) is 3.97. The summed E-state index contributed by atoms with van der Waals surface area (Å²) in [5.41, 5.74) is 13.7. The zero-order valence-corrected chi connectivity index (χ0v) is 14.6. The number of nitrogens with zero attached hydrogens (tertiary/aromatic N) is 4. The Bertz CT molecular complexity index is 1040. The van der Waals surface area contributed by atoms with Gasteiger partial charge >= 0.3 is 0 Å². The first-order chi connectivity index (χ1) is 12.7. The van der Waals surface area contributed by atoms with Crippen LogP contribution in [0.25, 0.3) is 11.0 Å². The van der Waals surface area contributed by atoms with Gasteiger partial charge in [-0.2, -0.15) is 5.10 Å². The molecule has 1 aromatic carbocycles. The largest absolute Gasteiger partial charge is 0.398 e. The SMILES string of the molecule is CC#CCn1c(NCCN)nc2cnn(Cc3ccccc3N)c(=O)c21. The maximum absolute atomic E-state index is 13.0. The van der Waals surface area contributed by atoms with E-state index in [4.69, 9.17) is 11.5 Å². The smallest absolute Gasteiger partial charge is 0.293 e. The highest BCUT2D eigenvalue weighted by atomic mass is 16.1. The Labute approximate surface area is 150 Å². The van der Waals surface area contributed by atoms with Gasteiger partial charge in [0.05, 0.1) is 19.3 Å². The van der Waals surface area contributed by atoms with Crippen molar-refractivity contribution >= 4 is 22.7 Å². The second-order valence-electron chi connectivity index (χ2n) is 5.70. The van der Waals surface area contributed by atoms with Crippen molar-refractivity contribution in [1.29, 1.82) is 0 Å². The van der Waals surface area contributed by atoms with E-state index in [0.29, 0.717) is 42.3 Å². The van der Waals surface area contributed by atoms with Crippen molar-refractivity contribution < 1.29 is 0 Å². The number of para-hydroxylation sites is 1. The minimum Gasteiger partial charge on any atom is -0.398 e. The number of hydrogen-bond donors (Lipinski definition) is 3. The lowest BCUT2D eigenvalue weighted by Crippen LogP contribution is -2.25. The maximum Gasteiger partial charge on any atom is 0.293 e. The predicted molar refractivity (Wildman–Crippen MR) is 103 cm³/mol. The van der Waals surface area contributed by atoms with Crippen LogP contribution in [0.4, 0.5) is 11.6 Å². The summed E-state index contributed by atoms with van der Waals surface area (Å²) in [5, 5.41) is 7.37. The highest BCUT2D eigenvalue weighted by molar-refractivity contribution is 5.77. The Hall–Kier alpha value is -3.31. The van der Waals surface area contributed by atoms with E-state index in [-0.39, 0.29) is 12.1 Å². The lowest BCUT2D eigenvalue weighted by Gasteiger charge is -2.09. The quantitative estimate of drug-likeness (QED) is 0.443. The van der Waals surface area contributed by atoms with Gasteiger partial charge in [0.1, 0.15) is 11.0 Å². The Morgan fingerprint density at radius 3 is 2.85 bits per heavy atom. The average molecular weight is 351 g/mol. The number of benzene rings is 1. The van der Waals surface area contributed by atoms with Crippen molar-refractivity contribution in [2.24, 2.45) is 5.73 Å². The summed E-state index contributed by atoms with van der Waals surface area (Å²) in [5.74, 6) is 6.38. The average Bonchev–Trinajstić information content (AvgIpc) is 3.00. The zero-order valence-electron chi connectivity index (χ0n) is 14.6. The van der Waals surface area contributed by atoms with Gasteiger partial charge in [0.15, 0.2) is 0 Å². The fraction of sp³-hybridized carbons (Fsp3) is 0.278. The van der Waals surface area contributed by atoms with E-state index < -0.39 is 0 Å². The van der Waals surface area contributed by atoms with Crippen molar-refractivity contribution in [3.05, 3.63) is 46.4 Å². The van der Waals surface area contributed by atoms with Crippen molar-refractivity contribution in [1.82, 2.24) is 19.3 Å². The first kappa shape index (κ1) is 17.5.